The van der Waals surface area contributed by atoms with Crippen LogP contribution in [0.2, 0.25) is 0 Å². The van der Waals surface area contributed by atoms with Gasteiger partial charge in [-0.2, -0.15) is 0 Å². The predicted molar refractivity (Wildman–Crippen MR) is 98.5 cm³/mol. The van der Waals surface area contributed by atoms with Gasteiger partial charge in [0.1, 0.15) is 0 Å². The average Bonchev–Trinajstić information content (AvgIpc) is 2.84. The number of benzene rings is 2. The molecule has 0 fully saturated rings. The molecule has 5 nitrogen and oxygen atoms in total. The van der Waals surface area contributed by atoms with Crippen LogP contribution in [-0.2, 0) is 19.8 Å². The Labute approximate surface area is 149 Å². The molecule has 2 aromatic carbocycles. The average molecular weight is 427 g/mol. The third-order valence-electron chi connectivity index (χ3n) is 3.72. The minimum atomic E-state index is -3.74. The molecule has 0 bridgehead atoms. The maximum atomic E-state index is 12.9. The Kier molecular flexibility index (Phi) is 4.09. The van der Waals surface area contributed by atoms with Crippen LogP contribution in [0.25, 0.3) is 10.9 Å². The Morgan fingerprint density at radius 1 is 1.00 bits per heavy atom. The molecule has 0 spiro atoms. The Bertz CT molecular complexity index is 1150. The summed E-state index contributed by atoms with van der Waals surface area (Å²) in [4.78, 5) is 0.558. The van der Waals surface area contributed by atoms with E-state index in [1.54, 1.807) is 36.4 Å². The molecule has 24 heavy (non-hydrogen) atoms. The fraction of sp³-hybridized carbons (Fsp3) is 0.125. The standard InChI is InChI=1S/C16H15BrN2O3S2/c1-11-3-5-12(6-4-11)24(21,22)19-10-15(17)14-9-13(23(2,18)20)7-8-16(14)19/h3-10,18H,1-2H3. The van der Waals surface area contributed by atoms with Gasteiger partial charge in [0.05, 0.1) is 20.1 Å². The number of rotatable bonds is 3. The van der Waals surface area contributed by atoms with Crippen LogP contribution in [0.1, 0.15) is 5.56 Å². The van der Waals surface area contributed by atoms with E-state index in [2.05, 4.69) is 15.9 Å². The molecule has 3 rings (SSSR count). The van der Waals surface area contributed by atoms with E-state index in [4.69, 9.17) is 4.78 Å². The number of aryl methyl sites for hydroxylation is 1. The van der Waals surface area contributed by atoms with Crippen molar-refractivity contribution in [1.29, 1.82) is 4.78 Å². The van der Waals surface area contributed by atoms with Crippen molar-refractivity contribution in [3.8, 4) is 0 Å². The summed E-state index contributed by atoms with van der Waals surface area (Å²) in [6.07, 6.45) is 2.81. The zero-order valence-corrected chi connectivity index (χ0v) is 16.2. The first-order valence-electron chi connectivity index (χ1n) is 6.97. The highest BCUT2D eigenvalue weighted by Crippen LogP contribution is 2.31. The molecule has 1 unspecified atom stereocenters. The lowest BCUT2D eigenvalue weighted by Gasteiger charge is -2.08. The van der Waals surface area contributed by atoms with Gasteiger partial charge in [-0.1, -0.05) is 17.7 Å². The normalized spacial score (nSPS) is 14.6. The number of fused-ring (bicyclic) bond motifs is 1. The molecule has 0 saturated heterocycles. The number of nitrogens with one attached hydrogen (secondary N) is 1. The fourth-order valence-electron chi connectivity index (χ4n) is 2.41. The molecule has 0 radical (unpaired) electrons. The first-order valence-corrected chi connectivity index (χ1v) is 11.2. The lowest BCUT2D eigenvalue weighted by atomic mass is 10.2. The summed E-state index contributed by atoms with van der Waals surface area (Å²) >= 11 is 3.36. The fourth-order valence-corrected chi connectivity index (χ4v) is 5.10. The van der Waals surface area contributed by atoms with Gasteiger partial charge in [0.15, 0.2) is 0 Å². The Morgan fingerprint density at radius 3 is 2.17 bits per heavy atom. The first-order chi connectivity index (χ1) is 11.1. The monoisotopic (exact) mass is 426 g/mol. The molecular weight excluding hydrogens is 412 g/mol. The van der Waals surface area contributed by atoms with E-state index in [9.17, 15) is 12.6 Å². The van der Waals surface area contributed by atoms with E-state index < -0.39 is 19.8 Å². The predicted octanol–water partition coefficient (Wildman–Crippen LogP) is 3.98. The summed E-state index contributed by atoms with van der Waals surface area (Å²) < 4.78 is 47.2. The van der Waals surface area contributed by atoms with Gasteiger partial charge in [-0.05, 0) is 53.2 Å². The van der Waals surface area contributed by atoms with Crippen LogP contribution in [0.15, 0.2) is 62.9 Å². The van der Waals surface area contributed by atoms with Crippen LogP contribution in [-0.4, -0.2) is 22.9 Å². The molecule has 0 aliphatic heterocycles. The third-order valence-corrected chi connectivity index (χ3v) is 7.19. The maximum absolute atomic E-state index is 12.9. The summed E-state index contributed by atoms with van der Waals surface area (Å²) in [6, 6.07) is 11.3. The van der Waals surface area contributed by atoms with Gasteiger partial charge in [0, 0.05) is 27.2 Å². The van der Waals surface area contributed by atoms with Crippen LogP contribution < -0.4 is 0 Å². The summed E-state index contributed by atoms with van der Waals surface area (Å²) in [5, 5.41) is 0.602. The molecule has 3 aromatic rings. The van der Waals surface area contributed by atoms with Crippen LogP contribution in [0.3, 0.4) is 0 Å². The number of nitrogens with zero attached hydrogens (tertiary/aromatic N) is 1. The van der Waals surface area contributed by atoms with Gasteiger partial charge in [-0.25, -0.2) is 21.4 Å². The summed E-state index contributed by atoms with van der Waals surface area (Å²) in [7, 11) is -6.62. The van der Waals surface area contributed by atoms with Crippen LogP contribution in [0, 0.1) is 11.7 Å². The first kappa shape index (κ1) is 17.2. The van der Waals surface area contributed by atoms with Crippen LogP contribution in [0.5, 0.6) is 0 Å². The molecule has 8 heteroatoms. The molecular formula is C16H15BrN2O3S2. The van der Waals surface area contributed by atoms with Gasteiger partial charge in [0.25, 0.3) is 10.0 Å². The molecule has 1 atom stereocenters. The minimum absolute atomic E-state index is 0.196. The number of hydrogen-bond acceptors (Lipinski definition) is 4. The van der Waals surface area contributed by atoms with Crippen LogP contribution >= 0.6 is 15.9 Å². The SMILES string of the molecule is Cc1ccc(S(=O)(=O)n2cc(Br)c3cc(S(C)(=N)=O)ccc32)cc1. The van der Waals surface area contributed by atoms with Crippen molar-refractivity contribution in [3.05, 3.63) is 58.7 Å². The van der Waals surface area contributed by atoms with Gasteiger partial charge < -0.3 is 0 Å². The van der Waals surface area contributed by atoms with E-state index in [0.29, 0.717) is 20.3 Å². The number of halogens is 1. The molecule has 1 aromatic heterocycles. The Balaban J connectivity index is 2.26. The van der Waals surface area contributed by atoms with Gasteiger partial charge in [-0.15, -0.1) is 0 Å². The molecule has 126 valence electrons. The van der Waals surface area contributed by atoms with Crippen molar-refractivity contribution in [2.75, 3.05) is 6.26 Å². The van der Waals surface area contributed by atoms with Crippen molar-refractivity contribution in [2.24, 2.45) is 0 Å². The number of hydrogen-bond donors (Lipinski definition) is 1. The molecule has 1 heterocycles. The van der Waals surface area contributed by atoms with Crippen molar-refractivity contribution in [1.82, 2.24) is 3.97 Å². The zero-order valence-electron chi connectivity index (χ0n) is 13.0. The smallest absolute Gasteiger partial charge is 0.249 e. The van der Waals surface area contributed by atoms with Gasteiger partial charge >= 0.3 is 0 Å². The molecule has 1 N–H and O–H groups in total. The van der Waals surface area contributed by atoms with Gasteiger partial charge in [-0.3, -0.25) is 0 Å². The highest BCUT2D eigenvalue weighted by atomic mass is 79.9. The van der Waals surface area contributed by atoms with E-state index in [-0.39, 0.29) is 4.90 Å². The summed E-state index contributed by atoms with van der Waals surface area (Å²) in [6.45, 7) is 1.89. The van der Waals surface area contributed by atoms with Crippen molar-refractivity contribution < 1.29 is 12.6 Å². The van der Waals surface area contributed by atoms with Gasteiger partial charge in [0.2, 0.25) is 0 Å². The van der Waals surface area contributed by atoms with Crippen molar-refractivity contribution in [2.45, 2.75) is 16.7 Å². The molecule has 0 saturated carbocycles. The molecule has 0 amide bonds. The third kappa shape index (κ3) is 2.89. The highest BCUT2D eigenvalue weighted by molar-refractivity contribution is 9.10. The van der Waals surface area contributed by atoms with Crippen molar-refractivity contribution in [3.63, 3.8) is 0 Å². The lowest BCUT2D eigenvalue weighted by molar-refractivity contribution is 0.589. The maximum Gasteiger partial charge on any atom is 0.268 e. The largest absolute Gasteiger partial charge is 0.268 e. The van der Waals surface area contributed by atoms with E-state index in [1.165, 1.54) is 22.5 Å². The second kappa shape index (κ2) is 5.72. The summed E-state index contributed by atoms with van der Waals surface area (Å²) in [5.74, 6) is 0. The summed E-state index contributed by atoms with van der Waals surface area (Å²) in [5.41, 5.74) is 1.44. The quantitative estimate of drug-likeness (QED) is 0.687. The van der Waals surface area contributed by atoms with E-state index >= 15 is 0 Å². The van der Waals surface area contributed by atoms with E-state index in [1.807, 2.05) is 6.92 Å². The topological polar surface area (TPSA) is 80.0 Å². The van der Waals surface area contributed by atoms with E-state index in [0.717, 1.165) is 5.56 Å². The number of aromatic nitrogens is 1. The zero-order chi connectivity index (χ0) is 17.7. The molecule has 0 aliphatic rings. The Morgan fingerprint density at radius 2 is 1.58 bits per heavy atom. The minimum Gasteiger partial charge on any atom is -0.249 e. The Hall–Kier alpha value is -1.64. The second-order valence-electron chi connectivity index (χ2n) is 5.61. The van der Waals surface area contributed by atoms with Crippen molar-refractivity contribution >= 4 is 46.6 Å². The molecule has 0 aliphatic carbocycles. The van der Waals surface area contributed by atoms with Crippen LogP contribution in [0.4, 0.5) is 0 Å². The highest BCUT2D eigenvalue weighted by Gasteiger charge is 2.21. The lowest BCUT2D eigenvalue weighted by Crippen LogP contribution is -2.11. The second-order valence-corrected chi connectivity index (χ2v) is 10.4.